The maximum absolute atomic E-state index is 9.36. The minimum Gasteiger partial charge on any atom is -0.326 e. The average molecular weight is 211 g/mol. The van der Waals surface area contributed by atoms with Gasteiger partial charge in [0.1, 0.15) is 31.6 Å². The smallest absolute Gasteiger partial charge is 0.127 e. The number of hydrogen-bond donors (Lipinski definition) is 4. The third kappa shape index (κ3) is 1.25. The Labute approximate surface area is 90.5 Å². The van der Waals surface area contributed by atoms with Gasteiger partial charge in [-0.15, -0.1) is 0 Å². The molecule has 4 N–H and O–H groups in total. The molecule has 4 heteroatoms. The zero-order valence-corrected chi connectivity index (χ0v) is 9.40. The van der Waals surface area contributed by atoms with Crippen molar-refractivity contribution in [3.05, 3.63) is 11.3 Å². The fourth-order valence-electron chi connectivity index (χ4n) is 3.87. The van der Waals surface area contributed by atoms with Crippen molar-refractivity contribution >= 4 is 0 Å². The Balaban J connectivity index is 2.09. The van der Waals surface area contributed by atoms with Crippen LogP contribution < -0.4 is 15.3 Å². The fourth-order valence-corrected chi connectivity index (χ4v) is 3.87. The molecule has 2 atom stereocenters. The maximum atomic E-state index is 9.36. The lowest BCUT2D eigenvalue weighted by atomic mass is 9.74. The summed E-state index contributed by atoms with van der Waals surface area (Å²) < 4.78 is 0. The lowest BCUT2D eigenvalue weighted by Gasteiger charge is -2.43. The molecular formula is C11H21N3O+2. The van der Waals surface area contributed by atoms with Crippen molar-refractivity contribution in [1.82, 2.24) is 5.48 Å². The molecule has 4 nitrogen and oxygen atoms in total. The molecule has 0 aromatic rings. The van der Waals surface area contributed by atoms with Crippen LogP contribution in [-0.4, -0.2) is 44.5 Å². The van der Waals surface area contributed by atoms with Crippen molar-refractivity contribution in [3.63, 3.8) is 0 Å². The van der Waals surface area contributed by atoms with Crippen molar-refractivity contribution in [3.8, 4) is 0 Å². The third-order valence-corrected chi connectivity index (χ3v) is 4.61. The maximum Gasteiger partial charge on any atom is 0.127 e. The summed E-state index contributed by atoms with van der Waals surface area (Å²) in [5, 5.41) is 9.36. The summed E-state index contributed by atoms with van der Waals surface area (Å²) in [6.45, 7) is 9.58. The molecule has 0 spiro atoms. The molecule has 2 unspecified atom stereocenters. The molecule has 2 saturated heterocycles. The van der Waals surface area contributed by atoms with E-state index in [1.54, 1.807) is 9.80 Å². The second-order valence-corrected chi connectivity index (χ2v) is 5.43. The van der Waals surface area contributed by atoms with Crippen LogP contribution in [0.25, 0.3) is 0 Å². The van der Waals surface area contributed by atoms with Crippen molar-refractivity contribution in [2.45, 2.75) is 13.3 Å². The van der Waals surface area contributed by atoms with Gasteiger partial charge in [-0.2, -0.15) is 0 Å². The number of rotatable bonds is 2. The highest BCUT2D eigenvalue weighted by Crippen LogP contribution is 2.32. The van der Waals surface area contributed by atoms with Gasteiger partial charge in [-0.3, -0.25) is 10.7 Å². The summed E-state index contributed by atoms with van der Waals surface area (Å²) in [4.78, 5) is 3.44. The number of hydrogen-bond acceptors (Lipinski definition) is 2. The minimum absolute atomic E-state index is 0.238. The van der Waals surface area contributed by atoms with Gasteiger partial charge in [-0.05, 0) is 6.42 Å². The van der Waals surface area contributed by atoms with Crippen LogP contribution in [0.15, 0.2) is 11.3 Å². The molecule has 4 heterocycles. The molecule has 2 fully saturated rings. The Kier molecular flexibility index (Phi) is 2.06. The third-order valence-electron chi connectivity index (χ3n) is 4.61. The molecule has 0 amide bonds. The van der Waals surface area contributed by atoms with Gasteiger partial charge < -0.3 is 9.80 Å². The summed E-state index contributed by atoms with van der Waals surface area (Å²) in [6.07, 6.45) is 1.15. The largest absolute Gasteiger partial charge is 0.326 e. The Morgan fingerprint density at radius 2 is 1.87 bits per heavy atom. The van der Waals surface area contributed by atoms with Crippen LogP contribution in [0.4, 0.5) is 0 Å². The molecule has 0 aromatic carbocycles. The molecule has 0 aromatic heterocycles. The highest BCUT2D eigenvalue weighted by molar-refractivity contribution is 5.25. The Morgan fingerprint density at radius 1 is 1.27 bits per heavy atom. The second-order valence-electron chi connectivity index (χ2n) is 5.43. The zero-order valence-electron chi connectivity index (χ0n) is 9.40. The van der Waals surface area contributed by atoms with Crippen molar-refractivity contribution in [2.24, 2.45) is 5.41 Å². The van der Waals surface area contributed by atoms with Gasteiger partial charge in [0.2, 0.25) is 0 Å². The molecule has 0 radical (unpaired) electrons. The summed E-state index contributed by atoms with van der Waals surface area (Å²) in [5.74, 6) is 0. The first-order valence-corrected chi connectivity index (χ1v) is 6.07. The van der Waals surface area contributed by atoms with E-state index in [2.05, 4.69) is 12.4 Å². The Hall–Kier alpha value is -0.580. The molecule has 0 aliphatic carbocycles. The summed E-state index contributed by atoms with van der Waals surface area (Å²) in [7, 11) is 0. The van der Waals surface area contributed by atoms with Crippen LogP contribution in [0.1, 0.15) is 13.3 Å². The van der Waals surface area contributed by atoms with Crippen LogP contribution in [0, 0.1) is 5.41 Å². The van der Waals surface area contributed by atoms with Gasteiger partial charge in [0.15, 0.2) is 0 Å². The lowest BCUT2D eigenvalue weighted by molar-refractivity contribution is -0.918. The normalized spacial score (nSPS) is 43.3. The Bertz CT molecular complexity index is 295. The van der Waals surface area contributed by atoms with Crippen molar-refractivity contribution < 1.29 is 15.0 Å². The molecule has 4 bridgehead atoms. The van der Waals surface area contributed by atoms with E-state index in [1.807, 2.05) is 0 Å². The van der Waals surface area contributed by atoms with Crippen LogP contribution in [0.2, 0.25) is 0 Å². The molecular weight excluding hydrogens is 190 g/mol. The minimum atomic E-state index is 0.238. The van der Waals surface area contributed by atoms with Gasteiger partial charge >= 0.3 is 0 Å². The zero-order chi connectivity index (χ0) is 10.5. The average Bonchev–Trinajstić information content (AvgIpc) is 2.47. The van der Waals surface area contributed by atoms with Gasteiger partial charge in [0, 0.05) is 0 Å². The van der Waals surface area contributed by atoms with E-state index >= 15 is 0 Å². The monoisotopic (exact) mass is 211 g/mol. The summed E-state index contributed by atoms with van der Waals surface area (Å²) in [6, 6.07) is 0. The van der Waals surface area contributed by atoms with E-state index in [0.717, 1.165) is 19.5 Å². The van der Waals surface area contributed by atoms with Crippen molar-refractivity contribution in [2.75, 3.05) is 39.3 Å². The second kappa shape index (κ2) is 3.20. The predicted molar refractivity (Wildman–Crippen MR) is 55.8 cm³/mol. The first-order valence-electron chi connectivity index (χ1n) is 6.07. The topological polar surface area (TPSA) is 41.1 Å². The Morgan fingerprint density at radius 3 is 2.33 bits per heavy atom. The van der Waals surface area contributed by atoms with E-state index in [9.17, 15) is 5.21 Å². The van der Waals surface area contributed by atoms with Crippen molar-refractivity contribution in [1.29, 1.82) is 0 Å². The quantitative estimate of drug-likeness (QED) is 0.379. The molecule has 4 rings (SSSR count). The van der Waals surface area contributed by atoms with Crippen LogP contribution >= 0.6 is 0 Å². The molecule has 4 aliphatic heterocycles. The molecule has 15 heavy (non-hydrogen) atoms. The van der Waals surface area contributed by atoms with E-state index in [0.29, 0.717) is 0 Å². The number of fused-ring (bicyclic) bond motifs is 1. The fraction of sp³-hybridized carbons (Fsp3) is 0.818. The van der Waals surface area contributed by atoms with E-state index in [1.165, 1.54) is 37.4 Å². The molecule has 4 aliphatic rings. The van der Waals surface area contributed by atoms with Gasteiger partial charge in [0.05, 0.1) is 24.4 Å². The SMILES string of the molecule is CCC12C[NH+]3CC[NH+](CC(=C1NO)C3)C2. The highest BCUT2D eigenvalue weighted by Gasteiger charge is 2.52. The summed E-state index contributed by atoms with van der Waals surface area (Å²) in [5.41, 5.74) is 5.40. The van der Waals surface area contributed by atoms with E-state index in [-0.39, 0.29) is 5.41 Å². The number of nitrogens with one attached hydrogen (secondary N) is 3. The first-order chi connectivity index (χ1) is 7.27. The highest BCUT2D eigenvalue weighted by atomic mass is 16.5. The van der Waals surface area contributed by atoms with Gasteiger partial charge in [-0.1, -0.05) is 6.92 Å². The van der Waals surface area contributed by atoms with Gasteiger partial charge in [-0.25, -0.2) is 0 Å². The van der Waals surface area contributed by atoms with E-state index < -0.39 is 0 Å². The number of quaternary nitrogens is 2. The standard InChI is InChI=1S/C11H19N3O/c1-2-11-7-13-3-4-14(8-11)6-9(5-13)10(11)12-15/h12,15H,2-8H2,1H3/p+2. The first kappa shape index (κ1) is 9.63. The summed E-state index contributed by atoms with van der Waals surface area (Å²) >= 11 is 0. The number of hydroxylamine groups is 1. The predicted octanol–water partition coefficient (Wildman–Crippen LogP) is -2.57. The van der Waals surface area contributed by atoms with Crippen LogP contribution in [-0.2, 0) is 0 Å². The van der Waals surface area contributed by atoms with Crippen LogP contribution in [0.5, 0.6) is 0 Å². The van der Waals surface area contributed by atoms with Gasteiger partial charge in [0.25, 0.3) is 0 Å². The van der Waals surface area contributed by atoms with Crippen LogP contribution in [0.3, 0.4) is 0 Å². The van der Waals surface area contributed by atoms with E-state index in [4.69, 9.17) is 0 Å². The molecule has 0 saturated carbocycles. The molecule has 84 valence electrons. The lowest BCUT2D eigenvalue weighted by Crippen LogP contribution is -3.14.